The molecule has 0 unspecified atom stereocenters. The van der Waals surface area contributed by atoms with Crippen LogP contribution in [0.4, 0.5) is 0 Å². The Bertz CT molecular complexity index is 1260. The zero-order valence-electron chi connectivity index (χ0n) is 15.0. The predicted molar refractivity (Wildman–Crippen MR) is 108 cm³/mol. The molecule has 7 nitrogen and oxygen atoms in total. The summed E-state index contributed by atoms with van der Waals surface area (Å²) in [4.78, 5) is 29.8. The van der Waals surface area contributed by atoms with Gasteiger partial charge in [0, 0.05) is 6.92 Å². The first kappa shape index (κ1) is 18.3. The van der Waals surface area contributed by atoms with Gasteiger partial charge in [0.05, 0.1) is 16.0 Å². The number of hydrogen-bond donors (Lipinski definition) is 0. The third-order valence-electron chi connectivity index (χ3n) is 3.74. The van der Waals surface area contributed by atoms with E-state index in [2.05, 4.69) is 10.1 Å². The summed E-state index contributed by atoms with van der Waals surface area (Å²) in [5.41, 5.74) is 0.525. The minimum absolute atomic E-state index is 0.225. The summed E-state index contributed by atoms with van der Waals surface area (Å²) in [6, 6.07) is 8.97. The Morgan fingerprint density at radius 1 is 1.29 bits per heavy atom. The first-order valence-electron chi connectivity index (χ1n) is 8.45. The van der Waals surface area contributed by atoms with Crippen molar-refractivity contribution in [2.75, 3.05) is 6.61 Å². The van der Waals surface area contributed by atoms with E-state index >= 15 is 0 Å². The molecule has 0 radical (unpaired) electrons. The number of aromatic nitrogens is 3. The van der Waals surface area contributed by atoms with E-state index in [4.69, 9.17) is 9.47 Å². The quantitative estimate of drug-likeness (QED) is 0.370. The minimum atomic E-state index is -0.424. The minimum Gasteiger partial charge on any atom is -0.490 e. The zero-order valence-corrected chi connectivity index (χ0v) is 16.7. The highest BCUT2D eigenvalue weighted by Crippen LogP contribution is 2.29. The van der Waals surface area contributed by atoms with E-state index < -0.39 is 5.97 Å². The number of hydrogen-bond acceptors (Lipinski definition) is 8. The number of nitrogens with zero attached hydrogens (tertiary/aromatic N) is 3. The molecule has 0 saturated heterocycles. The molecule has 28 heavy (non-hydrogen) atoms. The van der Waals surface area contributed by atoms with Crippen LogP contribution >= 0.6 is 22.7 Å². The molecule has 0 N–H and O–H groups in total. The Hall–Kier alpha value is -3.04. The number of carbonyl (C=O) groups excluding carboxylic acids is 1. The van der Waals surface area contributed by atoms with Crippen molar-refractivity contribution in [1.29, 1.82) is 0 Å². The molecule has 4 aromatic rings. The molecule has 0 spiro atoms. The summed E-state index contributed by atoms with van der Waals surface area (Å²) in [5.74, 6) is 0.913. The topological polar surface area (TPSA) is 82.8 Å². The highest BCUT2D eigenvalue weighted by molar-refractivity contribution is 7.15. The molecule has 142 valence electrons. The zero-order chi connectivity index (χ0) is 19.7. The van der Waals surface area contributed by atoms with E-state index in [9.17, 15) is 9.59 Å². The fourth-order valence-corrected chi connectivity index (χ4v) is 4.18. The second kappa shape index (κ2) is 7.53. The maximum absolute atomic E-state index is 12.7. The van der Waals surface area contributed by atoms with E-state index in [1.165, 1.54) is 34.1 Å². The largest absolute Gasteiger partial charge is 0.490 e. The molecule has 9 heteroatoms. The molecule has 0 aliphatic heterocycles. The molecule has 0 aliphatic carbocycles. The van der Waals surface area contributed by atoms with Gasteiger partial charge in [-0.3, -0.25) is 9.59 Å². The second-order valence-corrected chi connectivity index (χ2v) is 7.71. The van der Waals surface area contributed by atoms with Crippen LogP contribution in [0.2, 0.25) is 0 Å². The lowest BCUT2D eigenvalue weighted by Crippen LogP contribution is -2.23. The molecule has 0 saturated carbocycles. The lowest BCUT2D eigenvalue weighted by Gasteiger charge is -2.10. The summed E-state index contributed by atoms with van der Waals surface area (Å²) in [7, 11) is 0. The lowest BCUT2D eigenvalue weighted by molar-refractivity contribution is -0.132. The summed E-state index contributed by atoms with van der Waals surface area (Å²) < 4.78 is 12.5. The SMILES string of the molecule is CCOc1cc(C=c2sc3nc(-c4cccs4)nn3c2=O)ccc1OC(C)=O. The van der Waals surface area contributed by atoms with E-state index in [0.717, 1.165) is 10.4 Å². The van der Waals surface area contributed by atoms with E-state index in [1.807, 2.05) is 24.4 Å². The van der Waals surface area contributed by atoms with Gasteiger partial charge in [-0.2, -0.15) is 9.50 Å². The smallest absolute Gasteiger partial charge is 0.308 e. The Kier molecular flexibility index (Phi) is 4.93. The Labute approximate surface area is 167 Å². The number of benzene rings is 1. The maximum atomic E-state index is 12.7. The van der Waals surface area contributed by atoms with Gasteiger partial charge in [-0.15, -0.1) is 16.4 Å². The highest BCUT2D eigenvalue weighted by atomic mass is 32.1. The number of carbonyl (C=O) groups is 1. The summed E-state index contributed by atoms with van der Waals surface area (Å²) in [6.07, 6.45) is 1.74. The predicted octanol–water partition coefficient (Wildman–Crippen LogP) is 2.75. The number of ether oxygens (including phenoxy) is 2. The fraction of sp³-hybridized carbons (Fsp3) is 0.158. The van der Waals surface area contributed by atoms with Gasteiger partial charge in [0.15, 0.2) is 17.3 Å². The Morgan fingerprint density at radius 2 is 2.14 bits per heavy atom. The van der Waals surface area contributed by atoms with E-state index in [1.54, 1.807) is 24.3 Å². The average molecular weight is 413 g/mol. The van der Waals surface area contributed by atoms with E-state index in [0.29, 0.717) is 33.4 Å². The van der Waals surface area contributed by atoms with Crippen LogP contribution in [0.15, 0.2) is 40.5 Å². The number of thiophene rings is 1. The van der Waals surface area contributed by atoms with Crippen molar-refractivity contribution >= 4 is 39.7 Å². The highest BCUT2D eigenvalue weighted by Gasteiger charge is 2.13. The van der Waals surface area contributed by atoms with Crippen LogP contribution in [0.5, 0.6) is 11.5 Å². The van der Waals surface area contributed by atoms with Crippen LogP contribution in [0, 0.1) is 0 Å². The molecular formula is C19H15N3O4S2. The van der Waals surface area contributed by atoms with Crippen LogP contribution < -0.4 is 19.6 Å². The monoisotopic (exact) mass is 413 g/mol. The van der Waals surface area contributed by atoms with Crippen molar-refractivity contribution in [2.24, 2.45) is 0 Å². The molecule has 0 amide bonds. The van der Waals surface area contributed by atoms with Crippen molar-refractivity contribution in [3.05, 3.63) is 56.2 Å². The number of thiazole rings is 1. The van der Waals surface area contributed by atoms with Crippen molar-refractivity contribution in [3.63, 3.8) is 0 Å². The molecule has 3 heterocycles. The van der Waals surface area contributed by atoms with Gasteiger partial charge >= 0.3 is 5.97 Å². The van der Waals surface area contributed by atoms with Gasteiger partial charge in [-0.05, 0) is 42.1 Å². The molecule has 0 fully saturated rings. The number of esters is 1. The van der Waals surface area contributed by atoms with Gasteiger partial charge < -0.3 is 9.47 Å². The maximum Gasteiger partial charge on any atom is 0.308 e. The summed E-state index contributed by atoms with van der Waals surface area (Å²) in [5, 5.41) is 6.26. The van der Waals surface area contributed by atoms with Gasteiger partial charge in [0.2, 0.25) is 4.96 Å². The number of rotatable bonds is 5. The molecule has 0 aliphatic rings. The average Bonchev–Trinajstić information content (AvgIpc) is 3.36. The normalized spacial score (nSPS) is 11.9. The second-order valence-electron chi connectivity index (χ2n) is 5.76. The van der Waals surface area contributed by atoms with Crippen molar-refractivity contribution in [3.8, 4) is 22.2 Å². The molecular weight excluding hydrogens is 398 g/mol. The van der Waals surface area contributed by atoms with Crippen LogP contribution in [-0.2, 0) is 4.79 Å². The first-order valence-corrected chi connectivity index (χ1v) is 10.1. The van der Waals surface area contributed by atoms with Gasteiger partial charge in [-0.25, -0.2) is 0 Å². The van der Waals surface area contributed by atoms with Crippen LogP contribution in [-0.4, -0.2) is 27.2 Å². The van der Waals surface area contributed by atoms with Gasteiger partial charge in [0.25, 0.3) is 5.56 Å². The fourth-order valence-electron chi connectivity index (χ4n) is 2.62. The third-order valence-corrected chi connectivity index (χ3v) is 5.57. The van der Waals surface area contributed by atoms with Gasteiger partial charge in [-0.1, -0.05) is 23.5 Å². The van der Waals surface area contributed by atoms with Crippen molar-refractivity contribution < 1.29 is 14.3 Å². The van der Waals surface area contributed by atoms with Gasteiger partial charge in [0.1, 0.15) is 0 Å². The standard InChI is InChI=1S/C19H15N3O4S2/c1-3-25-14-9-12(6-7-13(14)26-11(2)23)10-16-18(24)22-19(28-16)20-17(21-22)15-5-4-8-27-15/h4-10H,3H2,1-2H3. The Balaban J connectivity index is 1.74. The van der Waals surface area contributed by atoms with Crippen molar-refractivity contribution in [1.82, 2.24) is 14.6 Å². The lowest BCUT2D eigenvalue weighted by atomic mass is 10.2. The molecule has 0 atom stereocenters. The van der Waals surface area contributed by atoms with E-state index in [-0.39, 0.29) is 5.56 Å². The van der Waals surface area contributed by atoms with Crippen LogP contribution in [0.1, 0.15) is 19.4 Å². The molecule has 1 aromatic carbocycles. The summed E-state index contributed by atoms with van der Waals surface area (Å²) in [6.45, 7) is 3.60. The Morgan fingerprint density at radius 3 is 2.82 bits per heavy atom. The van der Waals surface area contributed by atoms with Crippen LogP contribution in [0.25, 0.3) is 21.7 Å². The first-order chi connectivity index (χ1) is 13.5. The van der Waals surface area contributed by atoms with Crippen LogP contribution in [0.3, 0.4) is 0 Å². The molecule has 3 aromatic heterocycles. The third kappa shape index (κ3) is 3.54. The summed E-state index contributed by atoms with van der Waals surface area (Å²) >= 11 is 2.80. The molecule has 4 rings (SSSR count). The number of fused-ring (bicyclic) bond motifs is 1. The van der Waals surface area contributed by atoms with Crippen molar-refractivity contribution in [2.45, 2.75) is 13.8 Å². The molecule has 0 bridgehead atoms.